The van der Waals surface area contributed by atoms with E-state index in [9.17, 15) is 4.79 Å². The largest absolute Gasteiger partial charge is 0.462 e. The molecule has 0 saturated carbocycles. The minimum atomic E-state index is -2.91. The average molecular weight is 446 g/mol. The van der Waals surface area contributed by atoms with Crippen LogP contribution in [0.4, 0.5) is 0 Å². The molecule has 0 spiro atoms. The van der Waals surface area contributed by atoms with E-state index in [2.05, 4.69) is 19.2 Å². The van der Waals surface area contributed by atoms with Crippen LogP contribution in [0.2, 0.25) is 0 Å². The summed E-state index contributed by atoms with van der Waals surface area (Å²) < 4.78 is 35.0. The van der Waals surface area contributed by atoms with Crippen molar-refractivity contribution in [2.24, 2.45) is 0 Å². The van der Waals surface area contributed by atoms with E-state index in [4.69, 9.17) is 15.3 Å². The van der Waals surface area contributed by atoms with Crippen molar-refractivity contribution in [3.8, 4) is 0 Å². The summed E-state index contributed by atoms with van der Waals surface area (Å²) in [5.41, 5.74) is 0. The number of esters is 1. The minimum Gasteiger partial charge on any atom is -0.462 e. The first-order valence-electron chi connectivity index (χ1n) is 15.3. The first-order valence-corrected chi connectivity index (χ1v) is 13.3. The van der Waals surface area contributed by atoms with Gasteiger partial charge in [-0.1, -0.05) is 97.3 Å². The van der Waals surface area contributed by atoms with E-state index in [1.165, 1.54) is 64.2 Å². The highest BCUT2D eigenvalue weighted by Gasteiger charge is 2.14. The van der Waals surface area contributed by atoms with Crippen molar-refractivity contribution in [2.45, 2.75) is 148 Å². The van der Waals surface area contributed by atoms with Gasteiger partial charge in [0, 0.05) is 15.7 Å². The van der Waals surface area contributed by atoms with Crippen LogP contribution in [0.5, 0.6) is 0 Å². The maximum atomic E-state index is 12.4. The maximum Gasteiger partial charge on any atom is 0.306 e. The lowest BCUT2D eigenvalue weighted by molar-refractivity contribution is -0.150. The van der Waals surface area contributed by atoms with E-state index in [1.807, 2.05) is 0 Å². The summed E-state index contributed by atoms with van der Waals surface area (Å²) in [5.74, 6) is -0.0768. The molecule has 0 aliphatic heterocycles. The molecule has 0 amide bonds. The topological polar surface area (TPSA) is 58.6 Å². The van der Waals surface area contributed by atoms with Gasteiger partial charge in [-0.05, 0) is 45.1 Å². The van der Waals surface area contributed by atoms with E-state index in [-0.39, 0.29) is 12.1 Å². The van der Waals surface area contributed by atoms with Crippen LogP contribution in [0.1, 0.15) is 148 Å². The fourth-order valence-electron chi connectivity index (χ4n) is 3.93. The Bertz CT molecular complexity index is 485. The number of hydrogen-bond acceptors (Lipinski definition) is 4. The molecular weight excluding hydrogens is 386 g/mol. The van der Waals surface area contributed by atoms with Crippen LogP contribution in [0.3, 0.4) is 0 Å². The summed E-state index contributed by atoms with van der Waals surface area (Å²) >= 11 is 0. The highest BCUT2D eigenvalue weighted by atomic mass is 16.5. The molecule has 4 nitrogen and oxygen atoms in total. The molecule has 0 unspecified atom stereocenters. The summed E-state index contributed by atoms with van der Waals surface area (Å²) in [7, 11) is 0. The standard InChI is InChI=1S/C27H55NO3/c1-3-5-7-9-12-16-20-26(21-17-13-10-8-6-4-2)31-27(30)22-18-14-11-15-19-23-28-24-25-29/h26,28-29H,3-25H2,1-2H3/i24D2,25D2. The normalized spacial score (nSPS) is 14.2. The van der Waals surface area contributed by atoms with E-state index >= 15 is 0 Å². The van der Waals surface area contributed by atoms with Crippen LogP contribution >= 0.6 is 0 Å². The fourth-order valence-corrected chi connectivity index (χ4v) is 3.93. The van der Waals surface area contributed by atoms with Gasteiger partial charge in [0.1, 0.15) is 6.10 Å². The summed E-state index contributed by atoms with van der Waals surface area (Å²) in [6.45, 7) is -0.605. The third kappa shape index (κ3) is 23.9. The van der Waals surface area contributed by atoms with Crippen LogP contribution in [-0.2, 0) is 9.53 Å². The van der Waals surface area contributed by atoms with Gasteiger partial charge in [0.05, 0.1) is 9.30 Å². The van der Waals surface area contributed by atoms with Gasteiger partial charge in [-0.15, -0.1) is 0 Å². The van der Waals surface area contributed by atoms with Gasteiger partial charge >= 0.3 is 5.97 Å². The van der Waals surface area contributed by atoms with Gasteiger partial charge in [-0.25, -0.2) is 0 Å². The maximum absolute atomic E-state index is 12.4. The first-order chi connectivity index (χ1) is 16.6. The second-order valence-corrected chi connectivity index (χ2v) is 8.91. The monoisotopic (exact) mass is 445 g/mol. The number of carbonyl (C=O) groups excluding carboxylic acids is 1. The Morgan fingerprint density at radius 3 is 1.81 bits per heavy atom. The molecule has 2 N–H and O–H groups in total. The zero-order valence-corrected chi connectivity index (χ0v) is 20.7. The molecule has 186 valence electrons. The molecule has 0 radical (unpaired) electrons. The molecule has 31 heavy (non-hydrogen) atoms. The average Bonchev–Trinajstić information content (AvgIpc) is 2.79. The Hall–Kier alpha value is -0.610. The van der Waals surface area contributed by atoms with Gasteiger partial charge < -0.3 is 15.2 Å². The first kappa shape index (κ1) is 23.5. The molecule has 4 heteroatoms. The molecule has 0 aliphatic rings. The van der Waals surface area contributed by atoms with E-state index < -0.39 is 13.1 Å². The molecule has 0 fully saturated rings. The Balaban J connectivity index is 4.06. The Morgan fingerprint density at radius 1 is 0.774 bits per heavy atom. The lowest BCUT2D eigenvalue weighted by atomic mass is 10.0. The lowest BCUT2D eigenvalue weighted by Gasteiger charge is -2.18. The van der Waals surface area contributed by atoms with Crippen molar-refractivity contribution < 1.29 is 20.1 Å². The van der Waals surface area contributed by atoms with Crippen molar-refractivity contribution >= 4 is 5.97 Å². The molecule has 0 aromatic heterocycles. The van der Waals surface area contributed by atoms with Crippen molar-refractivity contribution in [1.82, 2.24) is 5.32 Å². The van der Waals surface area contributed by atoms with Crippen LogP contribution in [0.15, 0.2) is 0 Å². The summed E-state index contributed by atoms with van der Waals surface area (Å²) in [5, 5.41) is 11.6. The molecule has 0 heterocycles. The van der Waals surface area contributed by atoms with Crippen LogP contribution in [0.25, 0.3) is 0 Å². The quantitative estimate of drug-likeness (QED) is 0.114. The molecule has 0 atom stereocenters. The summed E-state index contributed by atoms with van der Waals surface area (Å²) in [4.78, 5) is 12.4. The smallest absolute Gasteiger partial charge is 0.306 e. The van der Waals surface area contributed by atoms with Crippen molar-refractivity contribution in [1.29, 1.82) is 0 Å². The minimum absolute atomic E-state index is 0.0636. The van der Waals surface area contributed by atoms with Crippen molar-refractivity contribution in [3.63, 3.8) is 0 Å². The molecule has 0 bridgehead atoms. The van der Waals surface area contributed by atoms with E-state index in [1.54, 1.807) is 0 Å². The van der Waals surface area contributed by atoms with Gasteiger partial charge in [0.15, 0.2) is 0 Å². The number of nitrogens with one attached hydrogen (secondary N) is 1. The SMILES string of the molecule is [2H]C([2H])(O)C([2H])([2H])NCCCCCCCC(=O)OC(CCCCCCCC)CCCCCCCC. The zero-order chi connectivity index (χ0) is 26.4. The second-order valence-electron chi connectivity index (χ2n) is 8.91. The molecular formula is C27H55NO3. The highest BCUT2D eigenvalue weighted by Crippen LogP contribution is 2.18. The molecule has 0 aromatic rings. The fraction of sp³-hybridized carbons (Fsp3) is 0.963. The number of rotatable bonds is 25. The van der Waals surface area contributed by atoms with Crippen molar-refractivity contribution in [2.75, 3.05) is 19.6 Å². The molecule has 0 rings (SSSR count). The van der Waals surface area contributed by atoms with E-state index in [0.717, 1.165) is 51.4 Å². The van der Waals surface area contributed by atoms with Gasteiger partial charge in [0.25, 0.3) is 0 Å². The van der Waals surface area contributed by atoms with Gasteiger partial charge in [-0.2, -0.15) is 0 Å². The third-order valence-corrected chi connectivity index (χ3v) is 5.88. The third-order valence-electron chi connectivity index (χ3n) is 5.88. The molecule has 0 saturated heterocycles. The van der Waals surface area contributed by atoms with Crippen molar-refractivity contribution in [3.05, 3.63) is 0 Å². The number of carbonyl (C=O) groups is 1. The lowest BCUT2D eigenvalue weighted by Crippen LogP contribution is -2.19. The molecule has 0 aliphatic carbocycles. The van der Waals surface area contributed by atoms with Crippen LogP contribution in [0, 0.1) is 0 Å². The van der Waals surface area contributed by atoms with Crippen LogP contribution < -0.4 is 5.32 Å². The predicted octanol–water partition coefficient (Wildman–Crippen LogP) is 7.32. The van der Waals surface area contributed by atoms with Gasteiger partial charge in [0.2, 0.25) is 0 Å². The molecule has 0 aromatic carbocycles. The Kier molecular flexibility index (Phi) is 19.5. The Morgan fingerprint density at radius 2 is 1.26 bits per heavy atom. The number of unbranched alkanes of at least 4 members (excludes halogenated alkanes) is 14. The van der Waals surface area contributed by atoms with Crippen LogP contribution in [-0.4, -0.2) is 36.8 Å². The number of ether oxygens (including phenoxy) is 1. The zero-order valence-electron chi connectivity index (χ0n) is 24.7. The second kappa shape index (κ2) is 25.6. The van der Waals surface area contributed by atoms with Gasteiger partial charge in [-0.3, -0.25) is 4.79 Å². The highest BCUT2D eigenvalue weighted by molar-refractivity contribution is 5.69. The number of hydrogen-bond donors (Lipinski definition) is 2. The summed E-state index contributed by atoms with van der Waals surface area (Å²) in [6.07, 6.45) is 21.7. The number of aliphatic hydroxyl groups is 1. The summed E-state index contributed by atoms with van der Waals surface area (Å²) in [6, 6.07) is 0. The predicted molar refractivity (Wildman–Crippen MR) is 134 cm³/mol. The Labute approximate surface area is 199 Å². The van der Waals surface area contributed by atoms with E-state index in [0.29, 0.717) is 19.4 Å².